The molecule has 0 spiro atoms. The van der Waals surface area contributed by atoms with Crippen molar-refractivity contribution in [1.29, 1.82) is 0 Å². The first-order valence-corrected chi connectivity index (χ1v) is 8.88. The molecule has 0 aliphatic carbocycles. The molecule has 1 aromatic carbocycles. The molecule has 0 aliphatic heterocycles. The van der Waals surface area contributed by atoms with E-state index in [1.54, 1.807) is 36.4 Å². The molecule has 3 rings (SSSR count). The summed E-state index contributed by atoms with van der Waals surface area (Å²) < 4.78 is 15.8. The molecule has 7 nitrogen and oxygen atoms in total. The SMILES string of the molecule is COC(=O)c1ccc2nc(C)cc(NC(=O)c3ccc(COC(C)C)o3)c2c1. The van der Waals surface area contributed by atoms with Gasteiger partial charge in [-0.2, -0.15) is 0 Å². The van der Waals surface area contributed by atoms with Crippen molar-refractivity contribution < 1.29 is 23.5 Å². The Kier molecular flexibility index (Phi) is 5.75. The standard InChI is InChI=1S/C21H22N2O5/c1-12(2)27-11-15-6-8-19(28-15)20(24)23-18-9-13(3)22-17-7-5-14(10-16(17)18)21(25)26-4/h5-10,12H,11H2,1-4H3,(H,22,23,24). The molecule has 2 heterocycles. The van der Waals surface area contributed by atoms with Crippen LogP contribution in [-0.2, 0) is 16.1 Å². The number of furan rings is 1. The van der Waals surface area contributed by atoms with Crippen LogP contribution in [0.5, 0.6) is 0 Å². The second-order valence-electron chi connectivity index (χ2n) is 6.61. The van der Waals surface area contributed by atoms with Crippen molar-refractivity contribution in [1.82, 2.24) is 4.98 Å². The molecule has 0 unspecified atom stereocenters. The van der Waals surface area contributed by atoms with Gasteiger partial charge in [-0.1, -0.05) is 0 Å². The number of aryl methyl sites for hydroxylation is 1. The Morgan fingerprint density at radius 3 is 2.68 bits per heavy atom. The molecule has 0 saturated heterocycles. The maximum absolute atomic E-state index is 12.6. The number of aromatic nitrogens is 1. The number of carbonyl (C=O) groups is 2. The monoisotopic (exact) mass is 382 g/mol. The summed E-state index contributed by atoms with van der Waals surface area (Å²) in [4.78, 5) is 28.9. The molecule has 1 N–H and O–H groups in total. The van der Waals surface area contributed by atoms with E-state index in [-0.39, 0.29) is 11.9 Å². The molecule has 7 heteroatoms. The first-order valence-electron chi connectivity index (χ1n) is 8.88. The maximum atomic E-state index is 12.6. The number of pyridine rings is 1. The van der Waals surface area contributed by atoms with Gasteiger partial charge in [0, 0.05) is 11.1 Å². The highest BCUT2D eigenvalue weighted by Gasteiger charge is 2.15. The molecule has 2 aromatic heterocycles. The molecule has 0 fully saturated rings. The summed E-state index contributed by atoms with van der Waals surface area (Å²) in [7, 11) is 1.32. The molecule has 0 atom stereocenters. The van der Waals surface area contributed by atoms with Crippen LogP contribution in [-0.4, -0.2) is 30.1 Å². The van der Waals surface area contributed by atoms with E-state index in [0.29, 0.717) is 34.5 Å². The summed E-state index contributed by atoms with van der Waals surface area (Å²) in [6.07, 6.45) is 0.0672. The van der Waals surface area contributed by atoms with E-state index in [9.17, 15) is 9.59 Å². The first-order chi connectivity index (χ1) is 13.4. The summed E-state index contributed by atoms with van der Waals surface area (Å²) in [5, 5.41) is 3.47. The number of ether oxygens (including phenoxy) is 2. The summed E-state index contributed by atoms with van der Waals surface area (Å²) >= 11 is 0. The Balaban J connectivity index is 1.88. The smallest absolute Gasteiger partial charge is 0.337 e. The van der Waals surface area contributed by atoms with Gasteiger partial charge >= 0.3 is 5.97 Å². The molecule has 0 saturated carbocycles. The Hall–Kier alpha value is -3.19. The number of hydrogen-bond donors (Lipinski definition) is 1. The average Bonchev–Trinajstić information content (AvgIpc) is 3.14. The van der Waals surface area contributed by atoms with Gasteiger partial charge in [-0.3, -0.25) is 9.78 Å². The zero-order valence-electron chi connectivity index (χ0n) is 16.2. The number of rotatable bonds is 6. The molecule has 0 radical (unpaired) electrons. The van der Waals surface area contributed by atoms with E-state index in [1.807, 2.05) is 20.8 Å². The van der Waals surface area contributed by atoms with Crippen molar-refractivity contribution in [2.45, 2.75) is 33.5 Å². The van der Waals surface area contributed by atoms with Gasteiger partial charge in [-0.15, -0.1) is 0 Å². The summed E-state index contributed by atoms with van der Waals surface area (Å²) in [5.41, 5.74) is 2.31. The molecule has 0 bridgehead atoms. The lowest BCUT2D eigenvalue weighted by molar-refractivity contribution is 0.0537. The van der Waals surface area contributed by atoms with Crippen molar-refractivity contribution in [3.63, 3.8) is 0 Å². The van der Waals surface area contributed by atoms with Crippen LogP contribution in [0.1, 0.15) is 46.2 Å². The number of amides is 1. The van der Waals surface area contributed by atoms with Crippen LogP contribution < -0.4 is 5.32 Å². The number of nitrogens with zero attached hydrogens (tertiary/aromatic N) is 1. The van der Waals surface area contributed by atoms with Crippen molar-refractivity contribution in [3.05, 3.63) is 59.2 Å². The van der Waals surface area contributed by atoms with Gasteiger partial charge in [0.05, 0.1) is 30.0 Å². The van der Waals surface area contributed by atoms with E-state index in [4.69, 9.17) is 13.9 Å². The predicted octanol–water partition coefficient (Wildman–Crippen LogP) is 4.10. The number of carbonyl (C=O) groups excluding carboxylic acids is 2. The highest BCUT2D eigenvalue weighted by molar-refractivity contribution is 6.08. The van der Waals surface area contributed by atoms with E-state index in [2.05, 4.69) is 10.3 Å². The minimum Gasteiger partial charge on any atom is -0.465 e. The van der Waals surface area contributed by atoms with Crippen LogP contribution in [0.15, 0.2) is 40.8 Å². The summed E-state index contributed by atoms with van der Waals surface area (Å²) in [6, 6.07) is 10.1. The van der Waals surface area contributed by atoms with Crippen LogP contribution in [0.4, 0.5) is 5.69 Å². The van der Waals surface area contributed by atoms with Crippen LogP contribution in [0.3, 0.4) is 0 Å². The zero-order chi connectivity index (χ0) is 20.3. The van der Waals surface area contributed by atoms with E-state index in [1.165, 1.54) is 7.11 Å². The molecule has 1 amide bonds. The zero-order valence-corrected chi connectivity index (χ0v) is 16.2. The number of nitrogens with one attached hydrogen (secondary N) is 1. The van der Waals surface area contributed by atoms with Gasteiger partial charge in [-0.05, 0) is 57.2 Å². The Morgan fingerprint density at radius 2 is 1.96 bits per heavy atom. The molecular formula is C21H22N2O5. The predicted molar refractivity (Wildman–Crippen MR) is 104 cm³/mol. The van der Waals surface area contributed by atoms with Gasteiger partial charge in [0.15, 0.2) is 5.76 Å². The second kappa shape index (κ2) is 8.22. The Bertz CT molecular complexity index is 1020. The van der Waals surface area contributed by atoms with Gasteiger partial charge in [0.25, 0.3) is 5.91 Å². The fourth-order valence-corrected chi connectivity index (χ4v) is 2.72. The van der Waals surface area contributed by atoms with Gasteiger partial charge in [-0.25, -0.2) is 4.79 Å². The minimum absolute atomic E-state index is 0.0672. The fraction of sp³-hybridized carbons (Fsp3) is 0.286. The molecule has 146 valence electrons. The number of hydrogen-bond acceptors (Lipinski definition) is 6. The van der Waals surface area contributed by atoms with Crippen LogP contribution in [0.25, 0.3) is 10.9 Å². The van der Waals surface area contributed by atoms with Crippen molar-refractivity contribution in [2.24, 2.45) is 0 Å². The molecule has 3 aromatic rings. The van der Waals surface area contributed by atoms with Crippen LogP contribution in [0.2, 0.25) is 0 Å². The van der Waals surface area contributed by atoms with E-state index < -0.39 is 11.9 Å². The fourth-order valence-electron chi connectivity index (χ4n) is 2.72. The third-order valence-corrected chi connectivity index (χ3v) is 4.05. The number of methoxy groups -OCH3 is 1. The third kappa shape index (κ3) is 4.37. The van der Waals surface area contributed by atoms with Gasteiger partial charge < -0.3 is 19.2 Å². The lowest BCUT2D eigenvalue weighted by Gasteiger charge is -2.10. The topological polar surface area (TPSA) is 90.7 Å². The molecular weight excluding hydrogens is 360 g/mol. The number of anilines is 1. The highest BCUT2D eigenvalue weighted by atomic mass is 16.5. The number of fused-ring (bicyclic) bond motifs is 1. The maximum Gasteiger partial charge on any atom is 0.337 e. The molecule has 28 heavy (non-hydrogen) atoms. The van der Waals surface area contributed by atoms with Crippen molar-refractivity contribution >= 4 is 28.5 Å². The Morgan fingerprint density at radius 1 is 1.18 bits per heavy atom. The van der Waals surface area contributed by atoms with Gasteiger partial charge in [0.1, 0.15) is 12.4 Å². The lowest BCUT2D eigenvalue weighted by Crippen LogP contribution is -2.12. The normalized spacial score (nSPS) is 11.0. The second-order valence-corrected chi connectivity index (χ2v) is 6.61. The van der Waals surface area contributed by atoms with E-state index in [0.717, 1.165) is 5.69 Å². The number of esters is 1. The average molecular weight is 382 g/mol. The highest BCUT2D eigenvalue weighted by Crippen LogP contribution is 2.25. The van der Waals surface area contributed by atoms with E-state index >= 15 is 0 Å². The van der Waals surface area contributed by atoms with Crippen molar-refractivity contribution in [2.75, 3.05) is 12.4 Å². The quantitative estimate of drug-likeness (QED) is 0.646. The lowest BCUT2D eigenvalue weighted by atomic mass is 10.1. The van der Waals surface area contributed by atoms with Crippen LogP contribution in [0, 0.1) is 6.92 Å². The minimum atomic E-state index is -0.458. The third-order valence-electron chi connectivity index (χ3n) is 4.05. The Labute approximate surface area is 162 Å². The first kappa shape index (κ1) is 19.6. The van der Waals surface area contributed by atoms with Crippen molar-refractivity contribution in [3.8, 4) is 0 Å². The van der Waals surface area contributed by atoms with Gasteiger partial charge in [0.2, 0.25) is 0 Å². The van der Waals surface area contributed by atoms with Crippen LogP contribution >= 0.6 is 0 Å². The molecule has 0 aliphatic rings. The number of benzene rings is 1. The summed E-state index contributed by atoms with van der Waals surface area (Å²) in [5.74, 6) is -0.108. The summed E-state index contributed by atoms with van der Waals surface area (Å²) in [6.45, 7) is 5.98. The largest absolute Gasteiger partial charge is 0.465 e.